The number of fused-ring (bicyclic) bond motifs is 1. The normalized spacial score (nSPS) is 20.3. The van der Waals surface area contributed by atoms with Gasteiger partial charge in [-0.25, -0.2) is 0 Å². The van der Waals surface area contributed by atoms with E-state index in [1.165, 1.54) is 6.92 Å². The number of hydrogen-bond donors (Lipinski definition) is 2. The lowest BCUT2D eigenvalue weighted by Crippen LogP contribution is -2.59. The summed E-state index contributed by atoms with van der Waals surface area (Å²) in [7, 11) is 1.83. The molecule has 1 aliphatic heterocycles. The number of benzene rings is 1. The van der Waals surface area contributed by atoms with Crippen molar-refractivity contribution in [2.45, 2.75) is 32.4 Å². The molecule has 0 fully saturated rings. The van der Waals surface area contributed by atoms with E-state index in [-0.39, 0.29) is 6.04 Å². The molecule has 25 heavy (non-hydrogen) atoms. The highest BCUT2D eigenvalue weighted by molar-refractivity contribution is 6.31. The molecule has 132 valence electrons. The van der Waals surface area contributed by atoms with Crippen LogP contribution in [0.1, 0.15) is 31.1 Å². The van der Waals surface area contributed by atoms with E-state index in [9.17, 15) is 9.59 Å². The number of rotatable bonds is 3. The van der Waals surface area contributed by atoms with E-state index in [4.69, 9.17) is 16.3 Å². The third-order valence-corrected chi connectivity index (χ3v) is 4.69. The summed E-state index contributed by atoms with van der Waals surface area (Å²) in [6.07, 6.45) is 1.70. The summed E-state index contributed by atoms with van der Waals surface area (Å²) in [4.78, 5) is 25.2. The molecule has 0 spiro atoms. The molecule has 2 amide bonds. The zero-order valence-electron chi connectivity index (χ0n) is 14.4. The van der Waals surface area contributed by atoms with Crippen LogP contribution in [0.3, 0.4) is 0 Å². The Balaban J connectivity index is 1.82. The number of nitrogens with one attached hydrogen (secondary N) is 2. The Morgan fingerprint density at radius 2 is 2.20 bits per heavy atom. The number of aryl methyl sites for hydroxylation is 1. The first-order chi connectivity index (χ1) is 11.7. The van der Waals surface area contributed by atoms with Gasteiger partial charge >= 0.3 is 0 Å². The van der Waals surface area contributed by atoms with Crippen molar-refractivity contribution in [2.75, 3.05) is 5.32 Å². The van der Waals surface area contributed by atoms with Gasteiger partial charge in [-0.05, 0) is 39.0 Å². The maximum Gasteiger partial charge on any atom is 0.278 e. The van der Waals surface area contributed by atoms with Crippen LogP contribution < -0.4 is 15.4 Å². The number of nitrogens with zero attached hydrogens (tertiary/aromatic N) is 2. The predicted octanol–water partition coefficient (Wildman–Crippen LogP) is 2.35. The topological polar surface area (TPSA) is 85.2 Å². The minimum atomic E-state index is -1.68. The van der Waals surface area contributed by atoms with Crippen LogP contribution in [0.15, 0.2) is 24.4 Å². The number of halogens is 1. The molecule has 7 nitrogen and oxygen atoms in total. The maximum atomic E-state index is 12.8. The van der Waals surface area contributed by atoms with Gasteiger partial charge in [0.05, 0.1) is 17.9 Å². The minimum absolute atomic E-state index is 0.318. The Hall–Kier alpha value is -2.54. The molecular weight excluding hydrogens is 344 g/mol. The molecule has 2 N–H and O–H groups in total. The summed E-state index contributed by atoms with van der Waals surface area (Å²) in [5.74, 6) is -0.678. The fourth-order valence-electron chi connectivity index (χ4n) is 2.70. The molecule has 2 heterocycles. The Labute approximate surface area is 150 Å². The van der Waals surface area contributed by atoms with Crippen molar-refractivity contribution in [3.05, 3.63) is 40.7 Å². The van der Waals surface area contributed by atoms with Gasteiger partial charge in [-0.15, -0.1) is 0 Å². The van der Waals surface area contributed by atoms with Crippen LogP contribution in [-0.2, 0) is 16.6 Å². The number of carbonyl (C=O) groups is 2. The van der Waals surface area contributed by atoms with Gasteiger partial charge in [0.2, 0.25) is 0 Å². The van der Waals surface area contributed by atoms with Crippen molar-refractivity contribution in [3.63, 3.8) is 0 Å². The number of anilines is 1. The fraction of sp³-hybridized carbons (Fsp3) is 0.353. The van der Waals surface area contributed by atoms with E-state index < -0.39 is 17.4 Å². The molecule has 8 heteroatoms. The Morgan fingerprint density at radius 3 is 2.84 bits per heavy atom. The van der Waals surface area contributed by atoms with Crippen LogP contribution in [0.5, 0.6) is 5.75 Å². The smallest absolute Gasteiger partial charge is 0.278 e. The molecule has 2 atom stereocenters. The fourth-order valence-corrected chi connectivity index (χ4v) is 2.87. The standard InChI is InChI=1S/C17H19ClN4O3/c1-9(12-8-19-22(4)10(12)2)20-15(23)17(3)16(24)21-13-7-11(18)5-6-14(13)25-17/h5-9H,1-4H3,(H,20,23)(H,21,24). The van der Waals surface area contributed by atoms with Crippen molar-refractivity contribution in [2.24, 2.45) is 7.05 Å². The largest absolute Gasteiger partial charge is 0.466 e. The lowest BCUT2D eigenvalue weighted by Gasteiger charge is -2.34. The first kappa shape index (κ1) is 17.3. The van der Waals surface area contributed by atoms with Crippen molar-refractivity contribution in [1.82, 2.24) is 15.1 Å². The lowest BCUT2D eigenvalue weighted by atomic mass is 10.0. The molecule has 0 saturated heterocycles. The summed E-state index contributed by atoms with van der Waals surface area (Å²) >= 11 is 5.92. The molecule has 0 bridgehead atoms. The van der Waals surface area contributed by atoms with Crippen LogP contribution in [0.2, 0.25) is 5.02 Å². The molecule has 2 unspecified atom stereocenters. The van der Waals surface area contributed by atoms with Crippen LogP contribution >= 0.6 is 11.6 Å². The van der Waals surface area contributed by atoms with E-state index in [1.54, 1.807) is 29.1 Å². The number of ether oxygens (including phenoxy) is 1. The Kier molecular flexibility index (Phi) is 4.20. The van der Waals surface area contributed by atoms with Gasteiger partial charge in [0.15, 0.2) is 0 Å². The summed E-state index contributed by atoms with van der Waals surface area (Å²) < 4.78 is 7.44. The maximum absolute atomic E-state index is 12.8. The van der Waals surface area contributed by atoms with Crippen LogP contribution in [0.4, 0.5) is 5.69 Å². The minimum Gasteiger partial charge on any atom is -0.466 e. The summed E-state index contributed by atoms with van der Waals surface area (Å²) in [5, 5.41) is 10.1. The summed E-state index contributed by atoms with van der Waals surface area (Å²) in [6, 6.07) is 4.52. The number of carbonyl (C=O) groups excluding carboxylic acids is 2. The van der Waals surface area contributed by atoms with Crippen molar-refractivity contribution in [3.8, 4) is 5.75 Å². The van der Waals surface area contributed by atoms with Crippen molar-refractivity contribution >= 4 is 29.1 Å². The highest BCUT2D eigenvalue weighted by Gasteiger charge is 2.47. The molecular formula is C17H19ClN4O3. The van der Waals surface area contributed by atoms with Gasteiger partial charge in [0.1, 0.15) is 5.75 Å². The molecule has 0 radical (unpaired) electrons. The second kappa shape index (κ2) is 6.07. The second-order valence-electron chi connectivity index (χ2n) is 6.23. The van der Waals surface area contributed by atoms with Gasteiger partial charge in [-0.1, -0.05) is 11.6 Å². The van der Waals surface area contributed by atoms with E-state index >= 15 is 0 Å². The highest BCUT2D eigenvalue weighted by Crippen LogP contribution is 2.35. The average molecular weight is 363 g/mol. The zero-order valence-corrected chi connectivity index (χ0v) is 15.1. The lowest BCUT2D eigenvalue weighted by molar-refractivity contribution is -0.147. The first-order valence-corrected chi connectivity index (χ1v) is 8.19. The first-order valence-electron chi connectivity index (χ1n) is 7.82. The SMILES string of the molecule is Cc1c(C(C)NC(=O)C2(C)Oc3ccc(Cl)cc3NC2=O)cnn1C. The third-order valence-electron chi connectivity index (χ3n) is 4.46. The number of amides is 2. The number of hydrogen-bond acceptors (Lipinski definition) is 4. The summed E-state index contributed by atoms with van der Waals surface area (Å²) in [5.41, 5.74) is 0.583. The van der Waals surface area contributed by atoms with Gasteiger partial charge in [0.25, 0.3) is 17.4 Å². The van der Waals surface area contributed by atoms with E-state index in [1.807, 2.05) is 20.9 Å². The van der Waals surface area contributed by atoms with Crippen LogP contribution in [0.25, 0.3) is 0 Å². The molecule has 1 aliphatic rings. The van der Waals surface area contributed by atoms with Crippen LogP contribution in [0, 0.1) is 6.92 Å². The van der Waals surface area contributed by atoms with Gasteiger partial charge in [-0.3, -0.25) is 14.3 Å². The van der Waals surface area contributed by atoms with Gasteiger partial charge < -0.3 is 15.4 Å². The molecule has 1 aromatic heterocycles. The number of aromatic nitrogens is 2. The zero-order chi connectivity index (χ0) is 18.4. The van der Waals surface area contributed by atoms with Crippen molar-refractivity contribution in [1.29, 1.82) is 0 Å². The third kappa shape index (κ3) is 2.95. The summed E-state index contributed by atoms with van der Waals surface area (Å²) in [6.45, 7) is 5.19. The second-order valence-corrected chi connectivity index (χ2v) is 6.67. The van der Waals surface area contributed by atoms with E-state index in [2.05, 4.69) is 15.7 Å². The molecule has 0 aliphatic carbocycles. The Morgan fingerprint density at radius 1 is 1.48 bits per heavy atom. The molecule has 1 aromatic carbocycles. The average Bonchev–Trinajstić information content (AvgIpc) is 2.88. The highest BCUT2D eigenvalue weighted by atomic mass is 35.5. The van der Waals surface area contributed by atoms with E-state index in [0.717, 1.165) is 11.3 Å². The predicted molar refractivity (Wildman–Crippen MR) is 93.6 cm³/mol. The molecule has 0 saturated carbocycles. The molecule has 2 aromatic rings. The Bertz CT molecular complexity index is 864. The monoisotopic (exact) mass is 362 g/mol. The van der Waals surface area contributed by atoms with E-state index in [0.29, 0.717) is 16.5 Å². The van der Waals surface area contributed by atoms with Gasteiger partial charge in [0, 0.05) is 23.3 Å². The van der Waals surface area contributed by atoms with Crippen LogP contribution in [-0.4, -0.2) is 27.2 Å². The quantitative estimate of drug-likeness (QED) is 0.821. The van der Waals surface area contributed by atoms with Crippen molar-refractivity contribution < 1.29 is 14.3 Å². The van der Waals surface area contributed by atoms with Gasteiger partial charge in [-0.2, -0.15) is 5.10 Å². The molecule has 3 rings (SSSR count).